The van der Waals surface area contributed by atoms with E-state index in [1.807, 2.05) is 19.1 Å². The third kappa shape index (κ3) is 7.43. The van der Waals surface area contributed by atoms with Crippen molar-refractivity contribution >= 4 is 60.7 Å². The van der Waals surface area contributed by atoms with E-state index in [1.165, 1.54) is 19.2 Å². The summed E-state index contributed by atoms with van der Waals surface area (Å²) in [6.45, 7) is 7.34. The van der Waals surface area contributed by atoms with E-state index in [-0.39, 0.29) is 23.2 Å². The normalized spacial score (nSPS) is 13.8. The highest BCUT2D eigenvalue weighted by Crippen LogP contribution is 2.34. The lowest BCUT2D eigenvalue weighted by atomic mass is 10.2. The van der Waals surface area contributed by atoms with Gasteiger partial charge in [0.05, 0.1) is 23.3 Å². The van der Waals surface area contributed by atoms with Gasteiger partial charge < -0.3 is 19.7 Å². The number of methoxy groups -OCH3 is 1. The van der Waals surface area contributed by atoms with E-state index >= 15 is 0 Å². The van der Waals surface area contributed by atoms with E-state index in [9.17, 15) is 13.2 Å². The SMILES string of the molecule is CCOc1cccc2sc(N3CCN(CCNC(=O)c4ccc(NS(=O)(=O)c5ccc(OC)cc5)cc4)CC3)nc12.Cl. The number of halogens is 1. The van der Waals surface area contributed by atoms with Crippen molar-refractivity contribution in [3.8, 4) is 11.5 Å². The zero-order valence-corrected chi connectivity index (χ0v) is 25.9. The van der Waals surface area contributed by atoms with Crippen molar-refractivity contribution in [2.75, 3.05) is 62.6 Å². The summed E-state index contributed by atoms with van der Waals surface area (Å²) in [7, 11) is -2.24. The second-order valence-corrected chi connectivity index (χ2v) is 12.2. The van der Waals surface area contributed by atoms with Gasteiger partial charge in [0.1, 0.15) is 17.0 Å². The first-order chi connectivity index (χ1) is 19.9. The number of fused-ring (bicyclic) bond motifs is 1. The maximum atomic E-state index is 12.7. The first-order valence-electron chi connectivity index (χ1n) is 13.4. The molecule has 1 aromatic heterocycles. The Morgan fingerprint density at radius 1 is 1.00 bits per heavy atom. The molecule has 0 atom stereocenters. The van der Waals surface area contributed by atoms with Gasteiger partial charge in [0.25, 0.3) is 15.9 Å². The van der Waals surface area contributed by atoms with E-state index in [4.69, 9.17) is 14.5 Å². The molecule has 224 valence electrons. The third-order valence-corrected chi connectivity index (χ3v) is 9.27. The summed E-state index contributed by atoms with van der Waals surface area (Å²) in [6, 6.07) is 18.5. The molecule has 0 aliphatic carbocycles. The molecule has 1 saturated heterocycles. The maximum absolute atomic E-state index is 12.7. The second-order valence-electron chi connectivity index (χ2n) is 9.48. The molecule has 1 aliphatic heterocycles. The zero-order valence-electron chi connectivity index (χ0n) is 23.4. The Balaban J connectivity index is 0.00000405. The third-order valence-electron chi connectivity index (χ3n) is 6.80. The topological polar surface area (TPSA) is 113 Å². The van der Waals surface area contributed by atoms with Gasteiger partial charge in [-0.2, -0.15) is 0 Å². The highest BCUT2D eigenvalue weighted by atomic mass is 35.5. The summed E-state index contributed by atoms with van der Waals surface area (Å²) in [5.74, 6) is 1.20. The molecule has 42 heavy (non-hydrogen) atoms. The number of carbonyl (C=O) groups is 1. The molecule has 4 aromatic rings. The van der Waals surface area contributed by atoms with Crippen LogP contribution in [-0.2, 0) is 10.0 Å². The molecule has 0 bridgehead atoms. The van der Waals surface area contributed by atoms with Gasteiger partial charge in [-0.1, -0.05) is 17.4 Å². The Kier molecular flexibility index (Phi) is 10.5. The smallest absolute Gasteiger partial charge is 0.261 e. The molecule has 3 aromatic carbocycles. The monoisotopic (exact) mass is 631 g/mol. The number of nitrogens with zero attached hydrogens (tertiary/aromatic N) is 3. The predicted octanol–water partition coefficient (Wildman–Crippen LogP) is 4.48. The van der Waals surface area contributed by atoms with Gasteiger partial charge in [0.15, 0.2) is 5.13 Å². The molecule has 0 saturated carbocycles. The van der Waals surface area contributed by atoms with Crippen LogP contribution in [0, 0.1) is 0 Å². The van der Waals surface area contributed by atoms with Gasteiger partial charge in [-0.25, -0.2) is 13.4 Å². The van der Waals surface area contributed by atoms with Crippen LogP contribution in [0.5, 0.6) is 11.5 Å². The van der Waals surface area contributed by atoms with Crippen molar-refractivity contribution in [3.05, 3.63) is 72.3 Å². The number of ether oxygens (including phenoxy) is 2. The van der Waals surface area contributed by atoms with Gasteiger partial charge in [-0.05, 0) is 67.6 Å². The van der Waals surface area contributed by atoms with E-state index in [1.54, 1.807) is 47.7 Å². The van der Waals surface area contributed by atoms with Crippen LogP contribution >= 0.6 is 23.7 Å². The standard InChI is InChI=1S/C29H33N5O5S2.ClH/c1-3-39-25-5-4-6-26-27(25)31-29(40-26)34-19-17-33(18-20-34)16-15-30-28(35)21-7-9-22(10-8-21)32-41(36,37)24-13-11-23(38-2)12-14-24;/h4-14,32H,3,15-20H2,1-2H3,(H,30,35);1H. The van der Waals surface area contributed by atoms with Crippen LogP contribution < -0.4 is 24.4 Å². The van der Waals surface area contributed by atoms with Crippen molar-refractivity contribution in [3.63, 3.8) is 0 Å². The van der Waals surface area contributed by atoms with Crippen LogP contribution in [0.25, 0.3) is 10.2 Å². The molecule has 2 N–H and O–H groups in total. The highest BCUT2D eigenvalue weighted by molar-refractivity contribution is 7.92. The Hall–Kier alpha value is -3.58. The molecular weight excluding hydrogens is 598 g/mol. The van der Waals surface area contributed by atoms with Crippen molar-refractivity contribution in [2.45, 2.75) is 11.8 Å². The summed E-state index contributed by atoms with van der Waals surface area (Å²) < 4.78 is 39.8. The van der Waals surface area contributed by atoms with E-state index in [0.717, 1.165) is 53.8 Å². The second kappa shape index (κ2) is 14.1. The van der Waals surface area contributed by atoms with Crippen molar-refractivity contribution in [2.24, 2.45) is 0 Å². The quantitative estimate of drug-likeness (QED) is 0.249. The van der Waals surface area contributed by atoms with Crippen LogP contribution in [0.2, 0.25) is 0 Å². The summed E-state index contributed by atoms with van der Waals surface area (Å²) in [5, 5.41) is 3.97. The molecule has 1 fully saturated rings. The lowest BCUT2D eigenvalue weighted by Crippen LogP contribution is -2.48. The molecule has 13 heteroatoms. The number of carbonyl (C=O) groups excluding carboxylic acids is 1. The van der Waals surface area contributed by atoms with Crippen molar-refractivity contribution < 1.29 is 22.7 Å². The molecule has 0 radical (unpaired) electrons. The van der Waals surface area contributed by atoms with Gasteiger partial charge in [0, 0.05) is 50.5 Å². The van der Waals surface area contributed by atoms with Gasteiger partial charge in [0.2, 0.25) is 0 Å². The number of benzene rings is 3. The number of para-hydroxylation sites is 1. The molecule has 1 aliphatic rings. The van der Waals surface area contributed by atoms with Crippen LogP contribution in [0.15, 0.2) is 71.6 Å². The number of rotatable bonds is 11. The lowest BCUT2D eigenvalue weighted by molar-refractivity contribution is 0.0948. The Labute approximate surface area is 256 Å². The Morgan fingerprint density at radius 2 is 1.71 bits per heavy atom. The fourth-order valence-electron chi connectivity index (χ4n) is 4.57. The zero-order chi connectivity index (χ0) is 28.8. The number of aromatic nitrogens is 1. The number of anilines is 2. The Morgan fingerprint density at radius 3 is 2.38 bits per heavy atom. The van der Waals surface area contributed by atoms with Crippen LogP contribution in [0.3, 0.4) is 0 Å². The molecule has 2 heterocycles. The van der Waals surface area contributed by atoms with Gasteiger partial charge in [-0.3, -0.25) is 14.4 Å². The van der Waals surface area contributed by atoms with E-state index < -0.39 is 10.0 Å². The fraction of sp³-hybridized carbons (Fsp3) is 0.310. The summed E-state index contributed by atoms with van der Waals surface area (Å²) in [6.07, 6.45) is 0. The molecular formula is C29H34ClN5O5S2. The van der Waals surface area contributed by atoms with Crippen LogP contribution in [0.1, 0.15) is 17.3 Å². The minimum absolute atomic E-state index is 0. The van der Waals surface area contributed by atoms with Crippen LogP contribution in [-0.4, -0.2) is 77.2 Å². The number of sulfonamides is 1. The van der Waals surface area contributed by atoms with Crippen molar-refractivity contribution in [1.82, 2.24) is 15.2 Å². The van der Waals surface area contributed by atoms with E-state index in [2.05, 4.69) is 25.9 Å². The molecule has 1 amide bonds. The average Bonchev–Trinajstić information content (AvgIpc) is 3.43. The van der Waals surface area contributed by atoms with Gasteiger partial charge in [-0.15, -0.1) is 12.4 Å². The van der Waals surface area contributed by atoms with Gasteiger partial charge >= 0.3 is 0 Å². The maximum Gasteiger partial charge on any atom is 0.261 e. The summed E-state index contributed by atoms with van der Waals surface area (Å²) in [5.41, 5.74) is 1.75. The largest absolute Gasteiger partial charge is 0.497 e. The molecule has 0 spiro atoms. The minimum atomic E-state index is -3.76. The van der Waals surface area contributed by atoms with E-state index in [0.29, 0.717) is 30.2 Å². The number of nitrogens with one attached hydrogen (secondary N) is 2. The average molecular weight is 632 g/mol. The van der Waals surface area contributed by atoms with Crippen LogP contribution in [0.4, 0.5) is 10.8 Å². The first-order valence-corrected chi connectivity index (χ1v) is 15.7. The highest BCUT2D eigenvalue weighted by Gasteiger charge is 2.21. The summed E-state index contributed by atoms with van der Waals surface area (Å²) in [4.78, 5) is 22.3. The molecule has 10 nitrogen and oxygen atoms in total. The number of hydrogen-bond acceptors (Lipinski definition) is 9. The lowest BCUT2D eigenvalue weighted by Gasteiger charge is -2.34. The number of thiazole rings is 1. The molecule has 0 unspecified atom stereocenters. The predicted molar refractivity (Wildman–Crippen MR) is 169 cm³/mol. The number of amides is 1. The fourth-order valence-corrected chi connectivity index (χ4v) is 6.66. The molecule has 5 rings (SSSR count). The summed E-state index contributed by atoms with van der Waals surface area (Å²) >= 11 is 1.69. The van der Waals surface area contributed by atoms with Crippen molar-refractivity contribution in [1.29, 1.82) is 0 Å². The first kappa shape index (κ1) is 31.4. The number of piperazine rings is 1. The number of hydrogen-bond donors (Lipinski definition) is 2. The Bertz CT molecular complexity index is 1590. The minimum Gasteiger partial charge on any atom is -0.497 e.